The van der Waals surface area contributed by atoms with Gasteiger partial charge in [-0.05, 0) is 6.92 Å². The SMILES string of the molecule is CC1CC(N)(C#N)C(C)CO1. The Morgan fingerprint density at radius 2 is 2.27 bits per heavy atom. The molecule has 3 heteroatoms. The van der Waals surface area contributed by atoms with Gasteiger partial charge in [-0.25, -0.2) is 0 Å². The number of nitrogens with two attached hydrogens (primary N) is 1. The monoisotopic (exact) mass is 154 g/mol. The van der Waals surface area contributed by atoms with Crippen molar-refractivity contribution in [1.29, 1.82) is 5.26 Å². The Morgan fingerprint density at radius 1 is 1.64 bits per heavy atom. The van der Waals surface area contributed by atoms with Gasteiger partial charge in [-0.2, -0.15) is 5.26 Å². The molecule has 0 aromatic rings. The van der Waals surface area contributed by atoms with Crippen LogP contribution < -0.4 is 5.73 Å². The summed E-state index contributed by atoms with van der Waals surface area (Å²) in [5.74, 6) is 0.142. The van der Waals surface area contributed by atoms with Crippen molar-refractivity contribution >= 4 is 0 Å². The molecule has 3 unspecified atom stereocenters. The van der Waals surface area contributed by atoms with E-state index in [1.165, 1.54) is 0 Å². The van der Waals surface area contributed by atoms with Crippen molar-refractivity contribution in [3.8, 4) is 6.07 Å². The van der Waals surface area contributed by atoms with E-state index in [4.69, 9.17) is 15.7 Å². The summed E-state index contributed by atoms with van der Waals surface area (Å²) in [4.78, 5) is 0. The molecule has 1 saturated heterocycles. The number of rotatable bonds is 0. The van der Waals surface area contributed by atoms with Crippen LogP contribution in [-0.2, 0) is 4.74 Å². The maximum atomic E-state index is 8.81. The van der Waals surface area contributed by atoms with E-state index in [1.807, 2.05) is 13.8 Å². The summed E-state index contributed by atoms with van der Waals surface area (Å²) in [6.07, 6.45) is 0.765. The van der Waals surface area contributed by atoms with Gasteiger partial charge >= 0.3 is 0 Å². The molecule has 0 aliphatic carbocycles. The lowest BCUT2D eigenvalue weighted by molar-refractivity contribution is -0.0271. The molecule has 1 heterocycles. The van der Waals surface area contributed by atoms with Gasteiger partial charge in [0.25, 0.3) is 0 Å². The van der Waals surface area contributed by atoms with E-state index in [9.17, 15) is 0 Å². The molecule has 0 radical (unpaired) electrons. The second-order valence-electron chi connectivity index (χ2n) is 3.40. The molecule has 0 spiro atoms. The molecule has 0 aromatic heterocycles. The topological polar surface area (TPSA) is 59.0 Å². The van der Waals surface area contributed by atoms with E-state index >= 15 is 0 Å². The summed E-state index contributed by atoms with van der Waals surface area (Å²) in [5, 5.41) is 8.81. The first-order valence-corrected chi connectivity index (χ1v) is 3.90. The van der Waals surface area contributed by atoms with E-state index in [-0.39, 0.29) is 12.0 Å². The van der Waals surface area contributed by atoms with Crippen LogP contribution in [0.1, 0.15) is 20.3 Å². The van der Waals surface area contributed by atoms with Gasteiger partial charge in [-0.15, -0.1) is 0 Å². The average Bonchev–Trinajstić information content (AvgIpc) is 1.98. The normalized spacial score (nSPS) is 44.9. The zero-order valence-corrected chi connectivity index (χ0v) is 7.00. The van der Waals surface area contributed by atoms with E-state index in [1.54, 1.807) is 0 Å². The highest BCUT2D eigenvalue weighted by molar-refractivity contribution is 5.10. The first-order valence-electron chi connectivity index (χ1n) is 3.90. The van der Waals surface area contributed by atoms with Crippen molar-refractivity contribution in [2.24, 2.45) is 11.7 Å². The van der Waals surface area contributed by atoms with Gasteiger partial charge in [0.05, 0.1) is 18.8 Å². The quantitative estimate of drug-likeness (QED) is 0.557. The Balaban J connectivity index is 2.70. The van der Waals surface area contributed by atoms with Crippen LogP contribution >= 0.6 is 0 Å². The summed E-state index contributed by atoms with van der Waals surface area (Å²) >= 11 is 0. The molecule has 0 saturated carbocycles. The Labute approximate surface area is 67.1 Å². The van der Waals surface area contributed by atoms with Crippen LogP contribution in [0.4, 0.5) is 0 Å². The highest BCUT2D eigenvalue weighted by atomic mass is 16.5. The lowest BCUT2D eigenvalue weighted by Gasteiger charge is -2.36. The minimum atomic E-state index is -0.669. The summed E-state index contributed by atoms with van der Waals surface area (Å²) in [5.41, 5.74) is 5.18. The lowest BCUT2D eigenvalue weighted by Crippen LogP contribution is -2.52. The van der Waals surface area contributed by atoms with Gasteiger partial charge in [-0.1, -0.05) is 6.92 Å². The molecule has 3 atom stereocenters. The number of nitrogens with zero attached hydrogens (tertiary/aromatic N) is 1. The van der Waals surface area contributed by atoms with E-state index in [0.29, 0.717) is 13.0 Å². The first-order chi connectivity index (χ1) is 5.08. The number of hydrogen-bond acceptors (Lipinski definition) is 3. The molecule has 1 aliphatic rings. The van der Waals surface area contributed by atoms with Gasteiger partial charge in [0.15, 0.2) is 0 Å². The number of hydrogen-bond donors (Lipinski definition) is 1. The first kappa shape index (κ1) is 8.51. The van der Waals surface area contributed by atoms with Crippen LogP contribution in [0.25, 0.3) is 0 Å². The van der Waals surface area contributed by atoms with Crippen LogP contribution in [-0.4, -0.2) is 18.2 Å². The lowest BCUT2D eigenvalue weighted by atomic mass is 9.81. The van der Waals surface area contributed by atoms with Crippen LogP contribution in [0.3, 0.4) is 0 Å². The molecule has 11 heavy (non-hydrogen) atoms. The number of ether oxygens (including phenoxy) is 1. The van der Waals surface area contributed by atoms with Crippen molar-refractivity contribution in [2.75, 3.05) is 6.61 Å². The molecule has 1 fully saturated rings. The summed E-state index contributed by atoms with van der Waals surface area (Å²) < 4.78 is 5.36. The van der Waals surface area contributed by atoms with Crippen LogP contribution in [0, 0.1) is 17.2 Å². The third kappa shape index (κ3) is 1.52. The maximum Gasteiger partial charge on any atom is 0.111 e. The Morgan fingerprint density at radius 3 is 2.73 bits per heavy atom. The molecule has 0 bridgehead atoms. The fourth-order valence-corrected chi connectivity index (χ4v) is 1.35. The molecule has 2 N–H and O–H groups in total. The van der Waals surface area contributed by atoms with Gasteiger partial charge in [0.2, 0.25) is 0 Å². The van der Waals surface area contributed by atoms with Crippen LogP contribution in [0.2, 0.25) is 0 Å². The molecule has 62 valence electrons. The van der Waals surface area contributed by atoms with Gasteiger partial charge < -0.3 is 10.5 Å². The molecule has 0 amide bonds. The van der Waals surface area contributed by atoms with Crippen LogP contribution in [0.15, 0.2) is 0 Å². The second-order valence-corrected chi connectivity index (χ2v) is 3.40. The summed E-state index contributed by atoms with van der Waals surface area (Å²) in [7, 11) is 0. The Bertz CT molecular complexity index is 187. The zero-order chi connectivity index (χ0) is 8.48. The van der Waals surface area contributed by atoms with E-state index < -0.39 is 5.54 Å². The van der Waals surface area contributed by atoms with Gasteiger partial charge in [0, 0.05) is 12.3 Å². The second kappa shape index (κ2) is 2.80. The fourth-order valence-electron chi connectivity index (χ4n) is 1.35. The smallest absolute Gasteiger partial charge is 0.111 e. The fraction of sp³-hybridized carbons (Fsp3) is 0.875. The van der Waals surface area contributed by atoms with E-state index in [0.717, 1.165) is 0 Å². The Hall–Kier alpha value is -0.590. The predicted molar refractivity (Wildman–Crippen MR) is 41.7 cm³/mol. The highest BCUT2D eigenvalue weighted by Crippen LogP contribution is 2.26. The third-order valence-corrected chi connectivity index (χ3v) is 2.34. The van der Waals surface area contributed by atoms with Crippen molar-refractivity contribution in [1.82, 2.24) is 0 Å². The number of nitriles is 1. The summed E-state index contributed by atoms with van der Waals surface area (Å²) in [6, 6.07) is 2.16. The molecule has 1 aliphatic heterocycles. The van der Waals surface area contributed by atoms with Crippen molar-refractivity contribution in [3.05, 3.63) is 0 Å². The zero-order valence-electron chi connectivity index (χ0n) is 7.00. The van der Waals surface area contributed by atoms with Crippen molar-refractivity contribution < 1.29 is 4.74 Å². The highest BCUT2D eigenvalue weighted by Gasteiger charge is 2.37. The average molecular weight is 154 g/mol. The Kier molecular flexibility index (Phi) is 2.17. The minimum Gasteiger partial charge on any atom is -0.378 e. The molecule has 0 aromatic carbocycles. The largest absolute Gasteiger partial charge is 0.378 e. The third-order valence-electron chi connectivity index (χ3n) is 2.34. The van der Waals surface area contributed by atoms with Crippen molar-refractivity contribution in [3.63, 3.8) is 0 Å². The van der Waals surface area contributed by atoms with E-state index in [2.05, 4.69) is 6.07 Å². The minimum absolute atomic E-state index is 0.121. The van der Waals surface area contributed by atoms with Crippen molar-refractivity contribution in [2.45, 2.75) is 31.9 Å². The predicted octanol–water partition coefficient (Wildman–Crippen LogP) is 0.652. The molecular weight excluding hydrogens is 140 g/mol. The van der Waals surface area contributed by atoms with Crippen LogP contribution in [0.5, 0.6) is 0 Å². The molecular formula is C8H14N2O. The van der Waals surface area contributed by atoms with Gasteiger partial charge in [0.1, 0.15) is 5.54 Å². The maximum absolute atomic E-state index is 8.81. The summed E-state index contributed by atoms with van der Waals surface area (Å²) in [6.45, 7) is 4.51. The molecule has 3 nitrogen and oxygen atoms in total. The standard InChI is InChI=1S/C8H14N2O/c1-6-4-11-7(2)3-8(6,10)5-9/h6-7H,3-4,10H2,1-2H3. The van der Waals surface area contributed by atoms with Gasteiger partial charge in [-0.3, -0.25) is 0 Å². The molecule has 1 rings (SSSR count).